The molecule has 2 aromatic carbocycles. The molecule has 4 nitrogen and oxygen atoms in total. The van der Waals surface area contributed by atoms with Crippen LogP contribution in [0, 0.1) is 18.6 Å². The highest BCUT2D eigenvalue weighted by molar-refractivity contribution is 9.10. The number of hydrogen-bond acceptors (Lipinski definition) is 3. The normalized spacial score (nSPS) is 10.3. The number of carbonyl (C=O) groups excluding carboxylic acids is 2. The quantitative estimate of drug-likeness (QED) is 0.816. The largest absolute Gasteiger partial charge is 0.452 e. The molecule has 0 heterocycles. The number of aryl methyl sites for hydroxylation is 1. The van der Waals surface area contributed by atoms with E-state index in [1.54, 1.807) is 18.2 Å². The second kappa shape index (κ2) is 7.32. The van der Waals surface area contributed by atoms with Gasteiger partial charge >= 0.3 is 5.97 Å². The van der Waals surface area contributed by atoms with Crippen molar-refractivity contribution in [2.75, 3.05) is 11.9 Å². The number of halogens is 3. The Labute approximate surface area is 139 Å². The molecular weight excluding hydrogens is 372 g/mol. The van der Waals surface area contributed by atoms with Gasteiger partial charge in [-0.3, -0.25) is 4.79 Å². The van der Waals surface area contributed by atoms with Gasteiger partial charge in [0, 0.05) is 16.2 Å². The van der Waals surface area contributed by atoms with E-state index in [9.17, 15) is 18.4 Å². The van der Waals surface area contributed by atoms with Gasteiger partial charge in [0.25, 0.3) is 5.91 Å². The van der Waals surface area contributed by atoms with E-state index in [-0.39, 0.29) is 5.56 Å². The number of benzene rings is 2. The van der Waals surface area contributed by atoms with Crippen LogP contribution in [0.4, 0.5) is 14.5 Å². The number of esters is 1. The van der Waals surface area contributed by atoms with Crippen LogP contribution in [-0.4, -0.2) is 18.5 Å². The summed E-state index contributed by atoms with van der Waals surface area (Å²) in [7, 11) is 0. The van der Waals surface area contributed by atoms with E-state index in [1.807, 2.05) is 6.92 Å². The molecule has 0 unspecified atom stereocenters. The van der Waals surface area contributed by atoms with Gasteiger partial charge in [-0.15, -0.1) is 0 Å². The van der Waals surface area contributed by atoms with Crippen molar-refractivity contribution < 1.29 is 23.1 Å². The minimum atomic E-state index is -0.983. The maximum atomic E-state index is 13.0. The molecule has 0 spiro atoms. The number of rotatable bonds is 4. The number of ether oxygens (including phenoxy) is 1. The lowest BCUT2D eigenvalue weighted by atomic mass is 10.2. The molecule has 0 aliphatic carbocycles. The molecule has 120 valence electrons. The molecule has 1 amide bonds. The predicted octanol–water partition coefficient (Wildman–Crippen LogP) is 3.83. The van der Waals surface area contributed by atoms with E-state index in [4.69, 9.17) is 4.74 Å². The second-order valence-electron chi connectivity index (χ2n) is 4.75. The van der Waals surface area contributed by atoms with Crippen LogP contribution in [0.25, 0.3) is 0 Å². The molecule has 0 saturated carbocycles. The first kappa shape index (κ1) is 17.1. The highest BCUT2D eigenvalue weighted by Gasteiger charge is 2.13. The molecule has 2 aromatic rings. The number of hydrogen-bond donors (Lipinski definition) is 1. The van der Waals surface area contributed by atoms with E-state index in [2.05, 4.69) is 21.2 Å². The summed E-state index contributed by atoms with van der Waals surface area (Å²) in [6.07, 6.45) is 0. The molecule has 2 rings (SSSR count). The van der Waals surface area contributed by atoms with Gasteiger partial charge < -0.3 is 10.1 Å². The van der Waals surface area contributed by atoms with Gasteiger partial charge in [-0.05, 0) is 36.8 Å². The van der Waals surface area contributed by atoms with Gasteiger partial charge in [-0.1, -0.05) is 22.0 Å². The summed E-state index contributed by atoms with van der Waals surface area (Å²) < 4.78 is 31.6. The molecular formula is C16H12BrF2NO3. The summed E-state index contributed by atoms with van der Waals surface area (Å²) in [6.45, 7) is 1.33. The fraction of sp³-hybridized carbons (Fsp3) is 0.125. The lowest BCUT2D eigenvalue weighted by molar-refractivity contribution is -0.119. The average molecular weight is 384 g/mol. The highest BCUT2D eigenvalue weighted by Crippen LogP contribution is 2.20. The first-order valence-corrected chi connectivity index (χ1v) is 7.33. The summed E-state index contributed by atoms with van der Waals surface area (Å²) in [6, 6.07) is 7.51. The Balaban J connectivity index is 1.93. The molecule has 0 aliphatic rings. The lowest BCUT2D eigenvalue weighted by Gasteiger charge is -2.08. The van der Waals surface area contributed by atoms with Gasteiger partial charge in [0.1, 0.15) is 11.6 Å². The maximum Gasteiger partial charge on any atom is 0.338 e. The van der Waals surface area contributed by atoms with E-state index >= 15 is 0 Å². The summed E-state index contributed by atoms with van der Waals surface area (Å²) in [5.74, 6) is -3.34. The zero-order valence-electron chi connectivity index (χ0n) is 12.0. The summed E-state index contributed by atoms with van der Waals surface area (Å²) in [5, 5.41) is 2.55. The molecule has 0 aliphatic heterocycles. The molecule has 7 heteroatoms. The van der Waals surface area contributed by atoms with Gasteiger partial charge in [0.15, 0.2) is 6.61 Å². The Morgan fingerprint density at radius 2 is 1.78 bits per heavy atom. The zero-order valence-corrected chi connectivity index (χ0v) is 13.6. The molecule has 1 N–H and O–H groups in total. The number of amides is 1. The molecule has 0 radical (unpaired) electrons. The van der Waals surface area contributed by atoms with Gasteiger partial charge in [-0.2, -0.15) is 0 Å². The van der Waals surface area contributed by atoms with Crippen molar-refractivity contribution >= 4 is 33.5 Å². The first-order chi connectivity index (χ1) is 10.8. The molecule has 0 saturated heterocycles. The van der Waals surface area contributed by atoms with Crippen molar-refractivity contribution in [1.29, 1.82) is 0 Å². The van der Waals surface area contributed by atoms with E-state index in [0.29, 0.717) is 11.8 Å². The number of nitrogens with one attached hydrogen (secondary N) is 1. The summed E-state index contributed by atoms with van der Waals surface area (Å²) in [4.78, 5) is 23.4. The van der Waals surface area contributed by atoms with Gasteiger partial charge in [0.05, 0.1) is 5.56 Å². The average Bonchev–Trinajstić information content (AvgIpc) is 2.47. The molecule has 0 atom stereocenters. The van der Waals surface area contributed by atoms with Gasteiger partial charge in [-0.25, -0.2) is 13.6 Å². The van der Waals surface area contributed by atoms with Crippen molar-refractivity contribution in [2.45, 2.75) is 6.92 Å². The van der Waals surface area contributed by atoms with Crippen molar-refractivity contribution in [3.8, 4) is 0 Å². The minimum absolute atomic E-state index is 0.298. The van der Waals surface area contributed by atoms with Crippen molar-refractivity contribution in [1.82, 2.24) is 0 Å². The molecule has 0 bridgehead atoms. The minimum Gasteiger partial charge on any atom is -0.452 e. The Kier molecular flexibility index (Phi) is 5.44. The van der Waals surface area contributed by atoms with Crippen molar-refractivity contribution in [3.05, 3.63) is 63.6 Å². The number of carbonyl (C=O) groups is 2. The van der Waals surface area contributed by atoms with Crippen LogP contribution in [0.5, 0.6) is 0 Å². The van der Waals surface area contributed by atoms with Crippen LogP contribution in [0.1, 0.15) is 15.9 Å². The zero-order chi connectivity index (χ0) is 17.0. The monoisotopic (exact) mass is 383 g/mol. The number of anilines is 1. The van der Waals surface area contributed by atoms with Crippen LogP contribution in [-0.2, 0) is 9.53 Å². The maximum absolute atomic E-state index is 13.0. The van der Waals surface area contributed by atoms with Crippen LogP contribution in [0.15, 0.2) is 40.9 Å². The Hall–Kier alpha value is -2.28. The van der Waals surface area contributed by atoms with Crippen LogP contribution < -0.4 is 5.32 Å². The predicted molar refractivity (Wildman–Crippen MR) is 84.1 cm³/mol. The third-order valence-corrected chi connectivity index (χ3v) is 3.74. The first-order valence-electron chi connectivity index (χ1n) is 6.54. The van der Waals surface area contributed by atoms with E-state index < -0.39 is 30.1 Å². The van der Waals surface area contributed by atoms with Crippen molar-refractivity contribution in [2.24, 2.45) is 0 Å². The lowest BCUT2D eigenvalue weighted by Crippen LogP contribution is -2.21. The van der Waals surface area contributed by atoms with Gasteiger partial charge in [0.2, 0.25) is 0 Å². The Morgan fingerprint density at radius 1 is 1.13 bits per heavy atom. The van der Waals surface area contributed by atoms with Crippen LogP contribution in [0.2, 0.25) is 0 Å². The Morgan fingerprint density at radius 3 is 2.39 bits per heavy atom. The topological polar surface area (TPSA) is 55.4 Å². The fourth-order valence-corrected chi connectivity index (χ4v) is 2.13. The van der Waals surface area contributed by atoms with E-state index in [0.717, 1.165) is 22.2 Å². The standard InChI is InChI=1S/C16H12BrF2NO3/c1-9-2-3-13(7-14(9)17)20-15(21)8-23-16(22)10-4-11(18)6-12(19)5-10/h2-7H,8H2,1H3,(H,20,21). The third kappa shape index (κ3) is 4.85. The third-order valence-electron chi connectivity index (χ3n) is 2.89. The Bertz CT molecular complexity index is 745. The molecule has 23 heavy (non-hydrogen) atoms. The second-order valence-corrected chi connectivity index (χ2v) is 5.60. The SMILES string of the molecule is Cc1ccc(NC(=O)COC(=O)c2cc(F)cc(F)c2)cc1Br. The summed E-state index contributed by atoms with van der Waals surface area (Å²) >= 11 is 3.33. The molecule has 0 aromatic heterocycles. The van der Waals surface area contributed by atoms with Crippen LogP contribution >= 0.6 is 15.9 Å². The smallest absolute Gasteiger partial charge is 0.338 e. The fourth-order valence-electron chi connectivity index (χ4n) is 1.75. The van der Waals surface area contributed by atoms with Crippen molar-refractivity contribution in [3.63, 3.8) is 0 Å². The van der Waals surface area contributed by atoms with E-state index in [1.165, 1.54) is 0 Å². The highest BCUT2D eigenvalue weighted by atomic mass is 79.9. The van der Waals surface area contributed by atoms with Crippen LogP contribution in [0.3, 0.4) is 0 Å². The summed E-state index contributed by atoms with van der Waals surface area (Å²) in [5.41, 5.74) is 1.23. The molecule has 0 fully saturated rings.